The summed E-state index contributed by atoms with van der Waals surface area (Å²) in [5, 5.41) is 0.802. The van der Waals surface area contributed by atoms with Crippen molar-refractivity contribution < 1.29 is 4.79 Å². The molecule has 0 bridgehead atoms. The van der Waals surface area contributed by atoms with Crippen LogP contribution >= 0.6 is 11.6 Å². The van der Waals surface area contributed by atoms with Crippen molar-refractivity contribution in [2.45, 2.75) is 25.7 Å². The number of hydrogen-bond acceptors (Lipinski definition) is 3. The van der Waals surface area contributed by atoms with Gasteiger partial charge < -0.3 is 9.80 Å². The number of benzene rings is 1. The zero-order valence-corrected chi connectivity index (χ0v) is 14.5. The van der Waals surface area contributed by atoms with Crippen LogP contribution in [0.5, 0.6) is 0 Å². The van der Waals surface area contributed by atoms with Gasteiger partial charge in [0.25, 0.3) is 0 Å². The van der Waals surface area contributed by atoms with Gasteiger partial charge in [-0.25, -0.2) is 0 Å². The van der Waals surface area contributed by atoms with Gasteiger partial charge in [0.15, 0.2) is 0 Å². The summed E-state index contributed by atoms with van der Waals surface area (Å²) in [6.07, 6.45) is 4.08. The number of rotatable bonds is 5. The molecule has 5 heteroatoms. The van der Waals surface area contributed by atoms with E-state index in [0.717, 1.165) is 70.1 Å². The lowest BCUT2D eigenvalue weighted by Crippen LogP contribution is -2.47. The number of carbonyl (C=O) groups excluding carboxylic acids is 1. The molecule has 0 spiro atoms. The molecule has 0 unspecified atom stereocenters. The van der Waals surface area contributed by atoms with Gasteiger partial charge in [0.2, 0.25) is 5.91 Å². The largest absolute Gasteiger partial charge is 0.369 e. The maximum atomic E-state index is 11.8. The number of likely N-dealkylation sites (tertiary alicyclic amines) is 1. The van der Waals surface area contributed by atoms with Gasteiger partial charge in [-0.1, -0.05) is 17.7 Å². The highest BCUT2D eigenvalue weighted by atomic mass is 35.5. The number of amides is 1. The molecule has 0 N–H and O–H groups in total. The molecule has 0 atom stereocenters. The second-order valence-electron chi connectivity index (χ2n) is 6.50. The summed E-state index contributed by atoms with van der Waals surface area (Å²) in [4.78, 5) is 18.8. The minimum absolute atomic E-state index is 0.349. The predicted octanol–water partition coefficient (Wildman–Crippen LogP) is 2.86. The van der Waals surface area contributed by atoms with Gasteiger partial charge in [-0.3, -0.25) is 9.69 Å². The Morgan fingerprint density at radius 1 is 1.00 bits per heavy atom. The summed E-state index contributed by atoms with van der Waals surface area (Å²) in [7, 11) is 0. The van der Waals surface area contributed by atoms with Crippen molar-refractivity contribution >= 4 is 23.2 Å². The first kappa shape index (κ1) is 16.6. The van der Waals surface area contributed by atoms with Crippen molar-refractivity contribution in [2.24, 2.45) is 0 Å². The van der Waals surface area contributed by atoms with Crippen LogP contribution in [0.2, 0.25) is 5.02 Å². The number of piperidine rings is 1. The van der Waals surface area contributed by atoms with E-state index in [4.69, 9.17) is 11.6 Å². The number of halogens is 1. The third-order valence-corrected chi connectivity index (χ3v) is 5.10. The fourth-order valence-corrected chi connectivity index (χ4v) is 3.67. The van der Waals surface area contributed by atoms with Crippen LogP contribution in [-0.4, -0.2) is 61.5 Å². The highest BCUT2D eigenvalue weighted by molar-refractivity contribution is 6.30. The molecule has 23 heavy (non-hydrogen) atoms. The van der Waals surface area contributed by atoms with E-state index < -0.39 is 0 Å². The van der Waals surface area contributed by atoms with E-state index in [2.05, 4.69) is 15.9 Å². The first-order valence-corrected chi connectivity index (χ1v) is 9.11. The summed E-state index contributed by atoms with van der Waals surface area (Å²) >= 11 is 6.08. The SMILES string of the molecule is O=C1CCCCN1CCCN1CCN(c2cccc(Cl)c2)CC1. The summed E-state index contributed by atoms with van der Waals surface area (Å²) in [6.45, 7) is 7.23. The third-order valence-electron chi connectivity index (χ3n) is 4.87. The normalized spacial score (nSPS) is 20.1. The molecule has 0 radical (unpaired) electrons. The van der Waals surface area contributed by atoms with E-state index in [1.165, 1.54) is 12.1 Å². The molecule has 0 saturated carbocycles. The van der Waals surface area contributed by atoms with Gasteiger partial charge in [-0.15, -0.1) is 0 Å². The Bertz CT molecular complexity index is 529. The van der Waals surface area contributed by atoms with E-state index in [9.17, 15) is 4.79 Å². The molecule has 3 rings (SSSR count). The fourth-order valence-electron chi connectivity index (χ4n) is 3.49. The van der Waals surface area contributed by atoms with Crippen LogP contribution in [0.15, 0.2) is 24.3 Å². The van der Waals surface area contributed by atoms with Gasteiger partial charge in [0, 0.05) is 56.4 Å². The lowest BCUT2D eigenvalue weighted by Gasteiger charge is -2.36. The van der Waals surface area contributed by atoms with Gasteiger partial charge in [-0.2, -0.15) is 0 Å². The Balaban J connectivity index is 1.38. The summed E-state index contributed by atoms with van der Waals surface area (Å²) in [5.74, 6) is 0.349. The van der Waals surface area contributed by atoms with Crippen molar-refractivity contribution in [1.82, 2.24) is 9.80 Å². The average Bonchev–Trinajstić information content (AvgIpc) is 2.57. The van der Waals surface area contributed by atoms with Crippen LogP contribution in [0.4, 0.5) is 5.69 Å². The second kappa shape index (κ2) is 8.02. The Hall–Kier alpha value is -1.26. The molecule has 2 aliphatic rings. The molecule has 1 aromatic carbocycles. The lowest BCUT2D eigenvalue weighted by atomic mass is 10.1. The van der Waals surface area contributed by atoms with E-state index in [0.29, 0.717) is 5.91 Å². The number of hydrogen-bond donors (Lipinski definition) is 0. The van der Waals surface area contributed by atoms with Crippen molar-refractivity contribution in [2.75, 3.05) is 50.7 Å². The Morgan fingerprint density at radius 3 is 2.57 bits per heavy atom. The van der Waals surface area contributed by atoms with Crippen LogP contribution in [0.25, 0.3) is 0 Å². The average molecular weight is 336 g/mol. The fraction of sp³-hybridized carbons (Fsp3) is 0.611. The van der Waals surface area contributed by atoms with Crippen molar-refractivity contribution in [3.05, 3.63) is 29.3 Å². The maximum Gasteiger partial charge on any atom is 0.222 e. The monoisotopic (exact) mass is 335 g/mol. The predicted molar refractivity (Wildman–Crippen MR) is 95.2 cm³/mol. The standard InChI is InChI=1S/C18H26ClN3O/c19-16-5-3-6-17(15-16)21-13-11-20(12-14-21)8-4-10-22-9-2-1-7-18(22)23/h3,5-6,15H,1-2,4,7-14H2. The second-order valence-corrected chi connectivity index (χ2v) is 6.94. The molecule has 2 heterocycles. The highest BCUT2D eigenvalue weighted by Crippen LogP contribution is 2.20. The highest BCUT2D eigenvalue weighted by Gasteiger charge is 2.19. The van der Waals surface area contributed by atoms with Crippen LogP contribution in [-0.2, 0) is 4.79 Å². The molecular weight excluding hydrogens is 310 g/mol. The van der Waals surface area contributed by atoms with E-state index in [1.807, 2.05) is 23.1 Å². The van der Waals surface area contributed by atoms with E-state index >= 15 is 0 Å². The van der Waals surface area contributed by atoms with E-state index in [1.54, 1.807) is 0 Å². The number of anilines is 1. The third kappa shape index (κ3) is 4.61. The molecule has 1 amide bonds. The van der Waals surface area contributed by atoms with Crippen molar-refractivity contribution in [3.8, 4) is 0 Å². The van der Waals surface area contributed by atoms with Gasteiger partial charge in [-0.05, 0) is 44.0 Å². The molecule has 2 saturated heterocycles. The lowest BCUT2D eigenvalue weighted by molar-refractivity contribution is -0.133. The Morgan fingerprint density at radius 2 is 1.83 bits per heavy atom. The zero-order chi connectivity index (χ0) is 16.1. The van der Waals surface area contributed by atoms with Crippen molar-refractivity contribution in [3.63, 3.8) is 0 Å². The summed E-state index contributed by atoms with van der Waals surface area (Å²) in [5.41, 5.74) is 1.22. The number of piperazine rings is 1. The topological polar surface area (TPSA) is 26.8 Å². The number of carbonyl (C=O) groups is 1. The van der Waals surface area contributed by atoms with Gasteiger partial charge in [0.1, 0.15) is 0 Å². The minimum Gasteiger partial charge on any atom is -0.369 e. The molecule has 2 aliphatic heterocycles. The molecular formula is C18H26ClN3O. The Kier molecular flexibility index (Phi) is 5.79. The maximum absolute atomic E-state index is 11.8. The molecule has 0 aromatic heterocycles. The molecule has 0 aliphatic carbocycles. The summed E-state index contributed by atoms with van der Waals surface area (Å²) in [6, 6.07) is 8.10. The number of nitrogens with zero attached hydrogens (tertiary/aromatic N) is 3. The molecule has 126 valence electrons. The van der Waals surface area contributed by atoms with Crippen LogP contribution < -0.4 is 4.90 Å². The first-order chi connectivity index (χ1) is 11.2. The van der Waals surface area contributed by atoms with Crippen LogP contribution in [0.3, 0.4) is 0 Å². The summed E-state index contributed by atoms with van der Waals surface area (Å²) < 4.78 is 0. The van der Waals surface area contributed by atoms with Crippen LogP contribution in [0, 0.1) is 0 Å². The Labute approximate surface area is 144 Å². The van der Waals surface area contributed by atoms with Gasteiger partial charge in [0.05, 0.1) is 0 Å². The zero-order valence-electron chi connectivity index (χ0n) is 13.7. The molecule has 4 nitrogen and oxygen atoms in total. The molecule has 1 aromatic rings. The van der Waals surface area contributed by atoms with Crippen molar-refractivity contribution in [1.29, 1.82) is 0 Å². The quantitative estimate of drug-likeness (QED) is 0.828. The molecule has 2 fully saturated rings. The first-order valence-electron chi connectivity index (χ1n) is 8.73. The smallest absolute Gasteiger partial charge is 0.222 e. The van der Waals surface area contributed by atoms with Gasteiger partial charge >= 0.3 is 0 Å². The van der Waals surface area contributed by atoms with Crippen LogP contribution in [0.1, 0.15) is 25.7 Å². The minimum atomic E-state index is 0.349. The van der Waals surface area contributed by atoms with E-state index in [-0.39, 0.29) is 0 Å².